The van der Waals surface area contributed by atoms with E-state index in [2.05, 4.69) is 23.4 Å². The smallest absolute Gasteiger partial charge is 0.160 e. The van der Waals surface area contributed by atoms with Gasteiger partial charge in [0.05, 0.1) is 12.6 Å². The Morgan fingerprint density at radius 3 is 2.90 bits per heavy atom. The van der Waals surface area contributed by atoms with E-state index in [4.69, 9.17) is 21.3 Å². The van der Waals surface area contributed by atoms with E-state index in [0.717, 1.165) is 41.8 Å². The maximum absolute atomic E-state index is 5.93. The van der Waals surface area contributed by atoms with Crippen LogP contribution in [0.3, 0.4) is 0 Å². The van der Waals surface area contributed by atoms with Crippen LogP contribution < -0.4 is 0 Å². The topological polar surface area (TPSA) is 39.9 Å². The van der Waals surface area contributed by atoms with Gasteiger partial charge in [-0.05, 0) is 25.0 Å². The Hall–Kier alpha value is -1.13. The molecule has 0 fully saturated rings. The second-order valence-corrected chi connectivity index (χ2v) is 5.41. The fourth-order valence-electron chi connectivity index (χ4n) is 2.61. The Morgan fingerprint density at radius 1 is 1.45 bits per heavy atom. The van der Waals surface area contributed by atoms with Crippen LogP contribution in [0.1, 0.15) is 37.2 Å². The SMILES string of the molecule is CCCC(COC)n1c(CCCl)nc2c(C)ccnc21. The Balaban J connectivity index is 2.57. The van der Waals surface area contributed by atoms with Crippen LogP contribution in [0, 0.1) is 6.92 Å². The highest BCUT2D eigenvalue weighted by atomic mass is 35.5. The van der Waals surface area contributed by atoms with Gasteiger partial charge < -0.3 is 9.30 Å². The molecule has 2 heterocycles. The summed E-state index contributed by atoms with van der Waals surface area (Å²) in [4.78, 5) is 9.28. The van der Waals surface area contributed by atoms with Crippen molar-refractivity contribution in [1.82, 2.24) is 14.5 Å². The number of hydrogen-bond acceptors (Lipinski definition) is 3. The van der Waals surface area contributed by atoms with E-state index >= 15 is 0 Å². The molecule has 0 aliphatic carbocycles. The lowest BCUT2D eigenvalue weighted by Crippen LogP contribution is -2.18. The maximum Gasteiger partial charge on any atom is 0.160 e. The summed E-state index contributed by atoms with van der Waals surface area (Å²) in [5, 5.41) is 0. The molecule has 0 radical (unpaired) electrons. The molecule has 0 saturated carbocycles. The predicted octanol–water partition coefficient (Wildman–Crippen LogP) is 3.51. The van der Waals surface area contributed by atoms with Crippen molar-refractivity contribution in [1.29, 1.82) is 0 Å². The first-order valence-corrected chi connectivity index (χ1v) is 7.63. The quantitative estimate of drug-likeness (QED) is 0.734. The van der Waals surface area contributed by atoms with Gasteiger partial charge in [-0.1, -0.05) is 13.3 Å². The highest BCUT2D eigenvalue weighted by Gasteiger charge is 2.20. The monoisotopic (exact) mass is 295 g/mol. The molecule has 0 spiro atoms. The molecule has 1 atom stereocenters. The van der Waals surface area contributed by atoms with Crippen molar-refractivity contribution < 1.29 is 4.74 Å². The zero-order valence-corrected chi connectivity index (χ0v) is 13.2. The normalized spacial score (nSPS) is 13.0. The Morgan fingerprint density at radius 2 is 2.25 bits per heavy atom. The van der Waals surface area contributed by atoms with Crippen LogP contribution in [0.4, 0.5) is 0 Å². The summed E-state index contributed by atoms with van der Waals surface area (Å²) in [6.45, 7) is 4.92. The highest BCUT2D eigenvalue weighted by Crippen LogP contribution is 2.25. The zero-order chi connectivity index (χ0) is 14.5. The lowest BCUT2D eigenvalue weighted by Gasteiger charge is -2.20. The average molecular weight is 296 g/mol. The fraction of sp³-hybridized carbons (Fsp3) is 0.600. The van der Waals surface area contributed by atoms with Gasteiger partial charge in [-0.2, -0.15) is 0 Å². The third-order valence-corrected chi connectivity index (χ3v) is 3.71. The van der Waals surface area contributed by atoms with Crippen molar-refractivity contribution in [3.05, 3.63) is 23.7 Å². The molecule has 2 rings (SSSR count). The van der Waals surface area contributed by atoms with Crippen molar-refractivity contribution in [2.24, 2.45) is 0 Å². The largest absolute Gasteiger partial charge is 0.383 e. The molecule has 4 nitrogen and oxygen atoms in total. The minimum absolute atomic E-state index is 0.266. The van der Waals surface area contributed by atoms with Gasteiger partial charge in [0.2, 0.25) is 0 Å². The third-order valence-electron chi connectivity index (χ3n) is 3.52. The number of pyridine rings is 1. The Bertz CT molecular complexity index is 561. The van der Waals surface area contributed by atoms with E-state index in [1.54, 1.807) is 7.11 Å². The van der Waals surface area contributed by atoms with Crippen LogP contribution in [0.15, 0.2) is 12.3 Å². The zero-order valence-electron chi connectivity index (χ0n) is 12.4. The minimum Gasteiger partial charge on any atom is -0.383 e. The lowest BCUT2D eigenvalue weighted by molar-refractivity contribution is 0.150. The number of aromatic nitrogens is 3. The molecule has 2 aromatic heterocycles. The minimum atomic E-state index is 0.266. The van der Waals surface area contributed by atoms with E-state index in [9.17, 15) is 0 Å². The van der Waals surface area contributed by atoms with Crippen molar-refractivity contribution >= 4 is 22.8 Å². The van der Waals surface area contributed by atoms with Gasteiger partial charge in [-0.3, -0.25) is 0 Å². The molecule has 110 valence electrons. The van der Waals surface area contributed by atoms with Gasteiger partial charge in [0, 0.05) is 25.6 Å². The van der Waals surface area contributed by atoms with Crippen molar-refractivity contribution in [3.63, 3.8) is 0 Å². The van der Waals surface area contributed by atoms with Crippen LogP contribution >= 0.6 is 11.6 Å². The molecular weight excluding hydrogens is 274 g/mol. The van der Waals surface area contributed by atoms with Gasteiger partial charge >= 0.3 is 0 Å². The molecule has 5 heteroatoms. The highest BCUT2D eigenvalue weighted by molar-refractivity contribution is 6.17. The number of fused-ring (bicyclic) bond motifs is 1. The summed E-state index contributed by atoms with van der Waals surface area (Å²) in [6, 6.07) is 2.26. The molecule has 0 aliphatic heterocycles. The number of ether oxygens (including phenoxy) is 1. The van der Waals surface area contributed by atoms with E-state index in [1.807, 2.05) is 12.3 Å². The first kappa shape index (κ1) is 15.3. The molecule has 0 aliphatic rings. The summed E-state index contributed by atoms with van der Waals surface area (Å²) in [7, 11) is 1.74. The van der Waals surface area contributed by atoms with Crippen molar-refractivity contribution in [3.8, 4) is 0 Å². The predicted molar refractivity (Wildman–Crippen MR) is 82.5 cm³/mol. The molecule has 20 heavy (non-hydrogen) atoms. The van der Waals surface area contributed by atoms with E-state index in [1.165, 1.54) is 0 Å². The molecule has 0 amide bonds. The lowest BCUT2D eigenvalue weighted by atomic mass is 10.1. The number of halogens is 1. The Kier molecular flexibility index (Phi) is 5.38. The van der Waals surface area contributed by atoms with E-state index in [-0.39, 0.29) is 6.04 Å². The number of nitrogens with zero attached hydrogens (tertiary/aromatic N) is 3. The first-order valence-electron chi connectivity index (χ1n) is 7.10. The molecule has 0 aromatic carbocycles. The summed E-state index contributed by atoms with van der Waals surface area (Å²) in [6.07, 6.45) is 4.74. The standard InChI is InChI=1S/C15H22ClN3O/c1-4-5-12(10-20-3)19-13(6-8-16)18-14-11(2)7-9-17-15(14)19/h7,9,12H,4-6,8,10H2,1-3H3. The summed E-state index contributed by atoms with van der Waals surface area (Å²) in [5.74, 6) is 1.57. The van der Waals surface area contributed by atoms with Gasteiger partial charge in [0.25, 0.3) is 0 Å². The van der Waals surface area contributed by atoms with Crippen LogP contribution in [-0.4, -0.2) is 34.1 Å². The van der Waals surface area contributed by atoms with Crippen LogP contribution in [0.25, 0.3) is 11.2 Å². The van der Waals surface area contributed by atoms with Gasteiger partial charge in [0.1, 0.15) is 11.3 Å². The van der Waals surface area contributed by atoms with Crippen LogP contribution in [0.2, 0.25) is 0 Å². The first-order chi connectivity index (χ1) is 9.72. The molecular formula is C15H22ClN3O. The molecule has 0 bridgehead atoms. The van der Waals surface area contributed by atoms with E-state index in [0.29, 0.717) is 12.5 Å². The third kappa shape index (κ3) is 2.96. The molecule has 2 aromatic rings. The second-order valence-electron chi connectivity index (χ2n) is 5.03. The number of alkyl halides is 1. The summed E-state index contributed by atoms with van der Waals surface area (Å²) >= 11 is 5.93. The molecule has 0 saturated heterocycles. The fourth-order valence-corrected chi connectivity index (χ4v) is 2.78. The maximum atomic E-state index is 5.93. The molecule has 0 N–H and O–H groups in total. The summed E-state index contributed by atoms with van der Waals surface area (Å²) in [5.41, 5.74) is 3.07. The summed E-state index contributed by atoms with van der Waals surface area (Å²) < 4.78 is 7.60. The van der Waals surface area contributed by atoms with E-state index < -0.39 is 0 Å². The van der Waals surface area contributed by atoms with Crippen molar-refractivity contribution in [2.75, 3.05) is 19.6 Å². The van der Waals surface area contributed by atoms with Gasteiger partial charge in [-0.25, -0.2) is 9.97 Å². The van der Waals surface area contributed by atoms with Gasteiger partial charge in [-0.15, -0.1) is 11.6 Å². The number of rotatable bonds is 7. The average Bonchev–Trinajstić information content (AvgIpc) is 2.79. The number of methoxy groups -OCH3 is 1. The van der Waals surface area contributed by atoms with Crippen LogP contribution in [-0.2, 0) is 11.2 Å². The van der Waals surface area contributed by atoms with Gasteiger partial charge in [0.15, 0.2) is 5.65 Å². The molecule has 1 unspecified atom stereocenters. The van der Waals surface area contributed by atoms with Crippen LogP contribution in [0.5, 0.6) is 0 Å². The number of aryl methyl sites for hydroxylation is 2. The Labute approximate surface area is 125 Å². The second kappa shape index (κ2) is 7.04. The van der Waals surface area contributed by atoms with Crippen molar-refractivity contribution in [2.45, 2.75) is 39.2 Å². The number of hydrogen-bond donors (Lipinski definition) is 0. The number of imidazole rings is 1.